The van der Waals surface area contributed by atoms with Gasteiger partial charge in [0.2, 0.25) is 11.7 Å². The van der Waals surface area contributed by atoms with Crippen LogP contribution in [0.4, 0.5) is 5.69 Å². The maximum atomic E-state index is 10.7. The third kappa shape index (κ3) is 4.29. The number of aliphatic imine (C=N–C) groups is 2. The minimum absolute atomic E-state index is 0.153. The number of carbonyl (C=O) groups excluding carboxylic acids is 1. The molecule has 0 saturated heterocycles. The van der Waals surface area contributed by atoms with E-state index in [0.717, 1.165) is 18.7 Å². The van der Waals surface area contributed by atoms with Crippen molar-refractivity contribution in [3.8, 4) is 0 Å². The van der Waals surface area contributed by atoms with E-state index in [0.29, 0.717) is 12.8 Å². The van der Waals surface area contributed by atoms with Crippen LogP contribution in [0, 0.1) is 0 Å². The molecule has 0 radical (unpaired) electrons. The van der Waals surface area contributed by atoms with Gasteiger partial charge >= 0.3 is 0 Å². The molecule has 0 aromatic heterocycles. The van der Waals surface area contributed by atoms with Crippen LogP contribution in [-0.2, 0) is 4.79 Å². The second-order valence-electron chi connectivity index (χ2n) is 4.81. The fourth-order valence-electron chi connectivity index (χ4n) is 2.35. The molecule has 0 aliphatic carbocycles. The summed E-state index contributed by atoms with van der Waals surface area (Å²) < 4.78 is 0. The Kier molecular flexibility index (Phi) is 5.75. The first-order valence-electron chi connectivity index (χ1n) is 7.03. The summed E-state index contributed by atoms with van der Waals surface area (Å²) in [5, 5.41) is 2.95. The highest BCUT2D eigenvalue weighted by molar-refractivity contribution is 6.65. The van der Waals surface area contributed by atoms with Crippen LogP contribution in [0.5, 0.6) is 0 Å². The van der Waals surface area contributed by atoms with Gasteiger partial charge in [-0.1, -0.05) is 25.1 Å². The number of halogens is 1. The van der Waals surface area contributed by atoms with Crippen LogP contribution in [0.25, 0.3) is 0 Å². The lowest BCUT2D eigenvalue weighted by atomic mass is 10.1. The maximum Gasteiger partial charge on any atom is 0.219 e. The lowest BCUT2D eigenvalue weighted by Crippen LogP contribution is -2.41. The number of hydrogen-bond donors (Lipinski definition) is 1. The second kappa shape index (κ2) is 7.78. The third-order valence-corrected chi connectivity index (χ3v) is 3.47. The van der Waals surface area contributed by atoms with Crippen LogP contribution in [-0.4, -0.2) is 36.7 Å². The lowest BCUT2D eigenvalue weighted by Gasteiger charge is -2.31. The van der Waals surface area contributed by atoms with E-state index >= 15 is 0 Å². The van der Waals surface area contributed by atoms with Gasteiger partial charge in [0, 0.05) is 24.9 Å². The van der Waals surface area contributed by atoms with Crippen molar-refractivity contribution in [2.45, 2.75) is 32.0 Å². The van der Waals surface area contributed by atoms with Crippen LogP contribution >= 0.6 is 11.6 Å². The zero-order chi connectivity index (χ0) is 15.1. The number of nitrogens with zero attached hydrogens (tertiary/aromatic N) is 3. The van der Waals surface area contributed by atoms with Crippen molar-refractivity contribution < 1.29 is 4.79 Å². The Morgan fingerprint density at radius 2 is 2.19 bits per heavy atom. The van der Waals surface area contributed by atoms with Gasteiger partial charge < -0.3 is 10.2 Å². The van der Waals surface area contributed by atoms with E-state index in [1.807, 2.05) is 30.3 Å². The van der Waals surface area contributed by atoms with E-state index in [4.69, 9.17) is 11.6 Å². The highest BCUT2D eigenvalue weighted by Crippen LogP contribution is 2.22. The highest BCUT2D eigenvalue weighted by atomic mass is 35.5. The minimum atomic E-state index is -0.171. The summed E-state index contributed by atoms with van der Waals surface area (Å²) in [6, 6.07) is 9.90. The number of amides is 1. The van der Waals surface area contributed by atoms with Crippen molar-refractivity contribution in [3.63, 3.8) is 0 Å². The van der Waals surface area contributed by atoms with Crippen molar-refractivity contribution in [1.82, 2.24) is 5.32 Å². The van der Waals surface area contributed by atoms with Crippen LogP contribution in [0.2, 0.25) is 0 Å². The molecule has 1 N–H and O–H groups in total. The molecule has 0 fully saturated rings. The number of benzene rings is 1. The monoisotopic (exact) mass is 306 g/mol. The summed E-state index contributed by atoms with van der Waals surface area (Å²) in [4.78, 5) is 21.4. The summed E-state index contributed by atoms with van der Waals surface area (Å²) in [7, 11) is 0. The Hall–Kier alpha value is -1.88. The molecule has 2 atom stereocenters. The van der Waals surface area contributed by atoms with Crippen molar-refractivity contribution in [3.05, 3.63) is 30.3 Å². The number of anilines is 1. The Labute approximate surface area is 129 Å². The molecule has 1 aliphatic heterocycles. The summed E-state index contributed by atoms with van der Waals surface area (Å²) in [6.07, 6.45) is 3.79. The molecule has 5 nitrogen and oxygen atoms in total. The number of nitrogens with one attached hydrogen (secondary N) is 1. The van der Waals surface area contributed by atoms with Gasteiger partial charge in [-0.15, -0.1) is 0 Å². The molecule has 2 rings (SSSR count). The van der Waals surface area contributed by atoms with Crippen LogP contribution in [0.1, 0.15) is 19.8 Å². The van der Waals surface area contributed by atoms with E-state index in [9.17, 15) is 4.79 Å². The predicted octanol–water partition coefficient (Wildman–Crippen LogP) is 2.41. The zero-order valence-corrected chi connectivity index (χ0v) is 12.7. The Morgan fingerprint density at radius 3 is 2.86 bits per heavy atom. The number of amidine groups is 1. The molecule has 2 unspecified atom stereocenters. The van der Waals surface area contributed by atoms with Crippen molar-refractivity contribution in [1.29, 1.82) is 0 Å². The fraction of sp³-hybridized carbons (Fsp3) is 0.400. The summed E-state index contributed by atoms with van der Waals surface area (Å²) in [5.41, 5.74) is 1.09. The molecule has 0 saturated carbocycles. The number of rotatable bonds is 6. The van der Waals surface area contributed by atoms with Crippen molar-refractivity contribution >= 4 is 35.2 Å². The molecule has 21 heavy (non-hydrogen) atoms. The van der Waals surface area contributed by atoms with Gasteiger partial charge in [-0.05, 0) is 30.2 Å². The molecule has 112 valence electrons. The van der Waals surface area contributed by atoms with Gasteiger partial charge in [0.05, 0.1) is 6.04 Å². The van der Waals surface area contributed by atoms with E-state index in [2.05, 4.69) is 27.1 Å². The maximum absolute atomic E-state index is 10.7. The number of para-hydroxylation sites is 1. The number of hydrogen-bond acceptors (Lipinski definition) is 4. The first-order valence-corrected chi connectivity index (χ1v) is 7.41. The Bertz CT molecular complexity index is 518. The van der Waals surface area contributed by atoms with Gasteiger partial charge in [0.25, 0.3) is 0 Å². The molecule has 1 aliphatic rings. The topological polar surface area (TPSA) is 57.1 Å². The molecule has 1 amide bonds. The third-order valence-electron chi connectivity index (χ3n) is 3.28. The van der Waals surface area contributed by atoms with E-state index in [1.54, 1.807) is 6.21 Å². The SMILES string of the molecule is CCCN(c1ccccc1)C1CC(NC=O)C=NC(Cl)=N1. The van der Waals surface area contributed by atoms with Gasteiger partial charge in [0.15, 0.2) is 0 Å². The molecule has 0 spiro atoms. The van der Waals surface area contributed by atoms with E-state index in [1.165, 1.54) is 0 Å². The molecular formula is C15H19ClN4O. The smallest absolute Gasteiger partial charge is 0.219 e. The van der Waals surface area contributed by atoms with E-state index < -0.39 is 0 Å². The Morgan fingerprint density at radius 1 is 1.43 bits per heavy atom. The molecule has 1 aromatic rings. The first kappa shape index (κ1) is 15.5. The molecule has 0 bridgehead atoms. The van der Waals surface area contributed by atoms with Gasteiger partial charge in [-0.3, -0.25) is 4.79 Å². The molecule has 1 aromatic carbocycles. The molecule has 1 heterocycles. The quantitative estimate of drug-likeness (QED) is 0.648. The highest BCUT2D eigenvalue weighted by Gasteiger charge is 2.23. The summed E-state index contributed by atoms with van der Waals surface area (Å²) >= 11 is 6.02. The number of carbonyl (C=O) groups is 1. The predicted molar refractivity (Wildman–Crippen MR) is 87.3 cm³/mol. The van der Waals surface area contributed by atoms with Gasteiger partial charge in [-0.25, -0.2) is 9.98 Å². The van der Waals surface area contributed by atoms with Crippen LogP contribution in [0.15, 0.2) is 40.3 Å². The second-order valence-corrected chi connectivity index (χ2v) is 5.15. The first-order chi connectivity index (χ1) is 10.2. The van der Waals surface area contributed by atoms with Crippen molar-refractivity contribution in [2.75, 3.05) is 11.4 Å². The molecule has 6 heteroatoms. The normalized spacial score (nSPS) is 21.3. The fourth-order valence-corrected chi connectivity index (χ4v) is 2.52. The summed E-state index contributed by atoms with van der Waals surface area (Å²) in [5.74, 6) is 0. The van der Waals surface area contributed by atoms with E-state index in [-0.39, 0.29) is 17.5 Å². The lowest BCUT2D eigenvalue weighted by molar-refractivity contribution is -0.109. The Balaban J connectivity index is 2.25. The zero-order valence-electron chi connectivity index (χ0n) is 11.9. The summed E-state index contributed by atoms with van der Waals surface area (Å²) in [6.45, 7) is 2.98. The van der Waals surface area contributed by atoms with Gasteiger partial charge in [-0.2, -0.15) is 0 Å². The average Bonchev–Trinajstić information content (AvgIpc) is 2.68. The largest absolute Gasteiger partial charge is 0.351 e. The van der Waals surface area contributed by atoms with Crippen molar-refractivity contribution in [2.24, 2.45) is 9.98 Å². The van der Waals surface area contributed by atoms with Crippen LogP contribution < -0.4 is 10.2 Å². The average molecular weight is 307 g/mol. The standard InChI is InChI=1S/C15H19ClN4O/c1-2-8-20(13-6-4-3-5-7-13)14-9-12(18-11-21)10-17-15(16)19-14/h3-7,10-12,14H,2,8-9H2,1H3,(H,18,21). The minimum Gasteiger partial charge on any atom is -0.351 e. The van der Waals surface area contributed by atoms with Crippen LogP contribution in [0.3, 0.4) is 0 Å². The molecular weight excluding hydrogens is 288 g/mol. The van der Waals surface area contributed by atoms with Gasteiger partial charge in [0.1, 0.15) is 6.17 Å².